The van der Waals surface area contributed by atoms with Gasteiger partial charge < -0.3 is 21.1 Å². The molecule has 7 heteroatoms. The van der Waals surface area contributed by atoms with Gasteiger partial charge in [0.25, 0.3) is 0 Å². The number of ether oxygens (including phenoxy) is 1. The fourth-order valence-electron chi connectivity index (χ4n) is 2.54. The maximum atomic E-state index is 12.1. The number of rotatable bonds is 6. The molecule has 0 bridgehead atoms. The summed E-state index contributed by atoms with van der Waals surface area (Å²) in [5, 5.41) is 6.32. The van der Waals surface area contributed by atoms with E-state index in [0.29, 0.717) is 35.2 Å². The molecular formula is C20H21N5O2. The Kier molecular flexibility index (Phi) is 5.51. The molecule has 0 atom stereocenters. The van der Waals surface area contributed by atoms with Crippen LogP contribution in [0.5, 0.6) is 0 Å². The monoisotopic (exact) mass is 363 g/mol. The molecule has 2 aromatic carbocycles. The van der Waals surface area contributed by atoms with E-state index < -0.39 is 5.97 Å². The fraction of sp³-hybridized carbons (Fsp3) is 0.150. The Bertz CT molecular complexity index is 959. The van der Waals surface area contributed by atoms with Crippen molar-refractivity contribution in [3.05, 3.63) is 66.0 Å². The van der Waals surface area contributed by atoms with Gasteiger partial charge >= 0.3 is 5.97 Å². The first kappa shape index (κ1) is 18.2. The second kappa shape index (κ2) is 8.18. The standard InChI is InChI=1S/C20H21N5O2/c1-3-27-20(26)14-9-5-7-11-16(14)25-19-17(21)18(22-12-23-19)24-15-10-6-4-8-13(15)2/h4-12H,3,21H2,1-2H3,(H2,22,23,24,25). The highest BCUT2D eigenvalue weighted by molar-refractivity contribution is 5.97. The molecule has 7 nitrogen and oxygen atoms in total. The second-order valence-corrected chi connectivity index (χ2v) is 5.82. The van der Waals surface area contributed by atoms with E-state index in [9.17, 15) is 4.79 Å². The van der Waals surface area contributed by atoms with Crippen LogP contribution in [0.25, 0.3) is 0 Å². The van der Waals surface area contributed by atoms with Crippen LogP contribution in [0, 0.1) is 6.92 Å². The summed E-state index contributed by atoms with van der Waals surface area (Å²) >= 11 is 0. The maximum absolute atomic E-state index is 12.1. The molecule has 0 fully saturated rings. The predicted octanol–water partition coefficient (Wildman–Crippen LogP) is 4.03. The normalized spacial score (nSPS) is 10.3. The quantitative estimate of drug-likeness (QED) is 0.568. The molecule has 0 aliphatic carbocycles. The fourth-order valence-corrected chi connectivity index (χ4v) is 2.54. The average Bonchev–Trinajstić information content (AvgIpc) is 2.67. The molecule has 4 N–H and O–H groups in total. The van der Waals surface area contributed by atoms with Crippen molar-refractivity contribution in [2.45, 2.75) is 13.8 Å². The van der Waals surface area contributed by atoms with Crippen molar-refractivity contribution in [2.24, 2.45) is 0 Å². The number of aryl methyl sites for hydroxylation is 1. The van der Waals surface area contributed by atoms with E-state index in [4.69, 9.17) is 10.5 Å². The number of hydrogen-bond donors (Lipinski definition) is 3. The van der Waals surface area contributed by atoms with Gasteiger partial charge in [0, 0.05) is 5.69 Å². The molecule has 3 aromatic rings. The van der Waals surface area contributed by atoms with Gasteiger partial charge in [0.2, 0.25) is 0 Å². The molecule has 0 spiro atoms. The lowest BCUT2D eigenvalue weighted by Crippen LogP contribution is -2.10. The van der Waals surface area contributed by atoms with E-state index in [1.54, 1.807) is 25.1 Å². The molecule has 1 aromatic heterocycles. The third-order valence-electron chi connectivity index (χ3n) is 3.96. The van der Waals surface area contributed by atoms with Crippen molar-refractivity contribution in [3.8, 4) is 0 Å². The minimum absolute atomic E-state index is 0.299. The van der Waals surface area contributed by atoms with Crippen LogP contribution in [0.3, 0.4) is 0 Å². The first-order valence-electron chi connectivity index (χ1n) is 8.56. The van der Waals surface area contributed by atoms with Crippen LogP contribution >= 0.6 is 0 Å². The summed E-state index contributed by atoms with van der Waals surface area (Å²) in [6.45, 7) is 4.06. The zero-order valence-electron chi connectivity index (χ0n) is 15.2. The van der Waals surface area contributed by atoms with Gasteiger partial charge in [-0.05, 0) is 37.6 Å². The molecule has 0 aliphatic rings. The van der Waals surface area contributed by atoms with E-state index in [-0.39, 0.29) is 0 Å². The van der Waals surface area contributed by atoms with Gasteiger partial charge in [0.1, 0.15) is 12.0 Å². The number of aromatic nitrogens is 2. The Labute approximate surface area is 157 Å². The van der Waals surface area contributed by atoms with E-state index in [2.05, 4.69) is 20.6 Å². The maximum Gasteiger partial charge on any atom is 0.340 e. The highest BCUT2D eigenvalue weighted by Gasteiger charge is 2.15. The zero-order valence-corrected chi connectivity index (χ0v) is 15.2. The van der Waals surface area contributed by atoms with Crippen molar-refractivity contribution < 1.29 is 9.53 Å². The molecule has 0 saturated carbocycles. The van der Waals surface area contributed by atoms with E-state index >= 15 is 0 Å². The van der Waals surface area contributed by atoms with Crippen LogP contribution in [0.1, 0.15) is 22.8 Å². The van der Waals surface area contributed by atoms with E-state index in [0.717, 1.165) is 11.3 Å². The lowest BCUT2D eigenvalue weighted by atomic mass is 10.1. The minimum Gasteiger partial charge on any atom is -0.462 e. The SMILES string of the molecule is CCOC(=O)c1ccccc1Nc1ncnc(Nc2ccccc2C)c1N. The summed E-state index contributed by atoms with van der Waals surface area (Å²) in [4.78, 5) is 20.6. The van der Waals surface area contributed by atoms with Gasteiger partial charge in [-0.3, -0.25) is 0 Å². The van der Waals surface area contributed by atoms with Crippen LogP contribution < -0.4 is 16.4 Å². The summed E-state index contributed by atoms with van der Waals surface area (Å²) in [5.41, 5.74) is 9.53. The number of nitrogens with one attached hydrogen (secondary N) is 2. The number of nitrogens with zero attached hydrogens (tertiary/aromatic N) is 2. The van der Waals surface area contributed by atoms with Gasteiger partial charge in [-0.25, -0.2) is 14.8 Å². The van der Waals surface area contributed by atoms with Crippen LogP contribution in [-0.4, -0.2) is 22.5 Å². The summed E-state index contributed by atoms with van der Waals surface area (Å²) < 4.78 is 5.10. The highest BCUT2D eigenvalue weighted by atomic mass is 16.5. The van der Waals surface area contributed by atoms with Gasteiger partial charge in [0.15, 0.2) is 11.6 Å². The van der Waals surface area contributed by atoms with Crippen molar-refractivity contribution in [2.75, 3.05) is 23.0 Å². The Morgan fingerprint density at radius 1 is 1.00 bits per heavy atom. The number of benzene rings is 2. The Hall–Kier alpha value is -3.61. The first-order valence-corrected chi connectivity index (χ1v) is 8.56. The third kappa shape index (κ3) is 4.14. The lowest BCUT2D eigenvalue weighted by Gasteiger charge is -2.15. The van der Waals surface area contributed by atoms with Gasteiger partial charge in [-0.15, -0.1) is 0 Å². The average molecular weight is 363 g/mol. The van der Waals surface area contributed by atoms with Crippen molar-refractivity contribution >= 4 is 34.7 Å². The molecule has 0 amide bonds. The molecule has 0 saturated heterocycles. The van der Waals surface area contributed by atoms with Crippen LogP contribution in [0.4, 0.5) is 28.7 Å². The Balaban J connectivity index is 1.89. The molecule has 138 valence electrons. The van der Waals surface area contributed by atoms with Gasteiger partial charge in [0.05, 0.1) is 17.9 Å². The summed E-state index contributed by atoms with van der Waals surface area (Å²) in [6.07, 6.45) is 1.41. The number of esters is 1. The van der Waals surface area contributed by atoms with Crippen LogP contribution in [-0.2, 0) is 4.74 Å². The Morgan fingerprint density at radius 3 is 2.26 bits per heavy atom. The number of carbonyl (C=O) groups is 1. The minimum atomic E-state index is -0.411. The topological polar surface area (TPSA) is 102 Å². The van der Waals surface area contributed by atoms with Crippen LogP contribution in [0.2, 0.25) is 0 Å². The van der Waals surface area contributed by atoms with Gasteiger partial charge in [-0.1, -0.05) is 30.3 Å². The Morgan fingerprint density at radius 2 is 1.59 bits per heavy atom. The molecule has 27 heavy (non-hydrogen) atoms. The first-order chi connectivity index (χ1) is 13.1. The van der Waals surface area contributed by atoms with E-state index in [1.807, 2.05) is 37.3 Å². The number of nitrogens with two attached hydrogens (primary N) is 1. The van der Waals surface area contributed by atoms with Crippen molar-refractivity contribution in [1.29, 1.82) is 0 Å². The highest BCUT2D eigenvalue weighted by Crippen LogP contribution is 2.30. The largest absolute Gasteiger partial charge is 0.462 e. The summed E-state index contributed by atoms with van der Waals surface area (Å²) in [6, 6.07) is 14.9. The van der Waals surface area contributed by atoms with Crippen LogP contribution in [0.15, 0.2) is 54.9 Å². The number of carbonyl (C=O) groups excluding carboxylic acids is 1. The number of hydrogen-bond acceptors (Lipinski definition) is 7. The van der Waals surface area contributed by atoms with Crippen molar-refractivity contribution in [1.82, 2.24) is 9.97 Å². The predicted molar refractivity (Wildman–Crippen MR) is 107 cm³/mol. The molecule has 3 rings (SSSR count). The molecular weight excluding hydrogens is 342 g/mol. The summed E-state index contributed by atoms with van der Waals surface area (Å²) in [5.74, 6) is 0.472. The van der Waals surface area contributed by atoms with Gasteiger partial charge in [-0.2, -0.15) is 0 Å². The smallest absolute Gasteiger partial charge is 0.340 e. The lowest BCUT2D eigenvalue weighted by molar-refractivity contribution is 0.0527. The molecule has 0 radical (unpaired) electrons. The number of para-hydroxylation sites is 2. The molecule has 0 unspecified atom stereocenters. The number of nitrogen functional groups attached to an aromatic ring is 1. The van der Waals surface area contributed by atoms with Crippen molar-refractivity contribution in [3.63, 3.8) is 0 Å². The second-order valence-electron chi connectivity index (χ2n) is 5.82. The number of anilines is 5. The molecule has 0 aliphatic heterocycles. The molecule has 1 heterocycles. The zero-order chi connectivity index (χ0) is 19.2. The van der Waals surface area contributed by atoms with E-state index in [1.165, 1.54) is 6.33 Å². The summed E-state index contributed by atoms with van der Waals surface area (Å²) in [7, 11) is 0. The third-order valence-corrected chi connectivity index (χ3v) is 3.96.